The number of aryl methyl sites for hydroxylation is 2. The number of imidazole rings is 1. The van der Waals surface area contributed by atoms with Gasteiger partial charge in [-0.05, 0) is 31.5 Å². The second kappa shape index (κ2) is 8.09. The van der Waals surface area contributed by atoms with Crippen LogP contribution in [0.3, 0.4) is 0 Å². The highest BCUT2D eigenvalue weighted by Crippen LogP contribution is 2.29. The second-order valence-corrected chi connectivity index (χ2v) is 8.91. The minimum atomic E-state index is 0.156. The van der Waals surface area contributed by atoms with E-state index in [-0.39, 0.29) is 4.48 Å². The zero-order chi connectivity index (χ0) is 19.6. The molecule has 3 aromatic rings. The zero-order valence-electron chi connectivity index (χ0n) is 16.3. The summed E-state index contributed by atoms with van der Waals surface area (Å²) in [6.07, 6.45) is 2.00. The number of nitrogens with zero attached hydrogens (tertiary/aromatic N) is 4. The Bertz CT molecular complexity index is 949. The number of hydrogen-bond acceptors (Lipinski definition) is 4. The topological polar surface area (TPSA) is 47.8 Å². The number of amides is 1. The minimum absolute atomic E-state index is 0.156. The number of rotatable bonds is 8. The van der Waals surface area contributed by atoms with E-state index in [1.165, 1.54) is 0 Å². The summed E-state index contributed by atoms with van der Waals surface area (Å²) < 4.78 is 2.35. The van der Waals surface area contributed by atoms with Crippen molar-refractivity contribution in [3.63, 3.8) is 0 Å². The summed E-state index contributed by atoms with van der Waals surface area (Å²) in [5.41, 5.74) is 1.92. The first-order valence-corrected chi connectivity index (χ1v) is 10.5. The highest BCUT2D eigenvalue weighted by molar-refractivity contribution is 7.09. The number of benzene rings is 1. The summed E-state index contributed by atoms with van der Waals surface area (Å²) in [4.78, 5) is 21.9. The lowest BCUT2D eigenvalue weighted by Crippen LogP contribution is -2.50. The van der Waals surface area contributed by atoms with Gasteiger partial charge in [-0.1, -0.05) is 32.4 Å². The van der Waals surface area contributed by atoms with Gasteiger partial charge < -0.3 is 4.57 Å². The van der Waals surface area contributed by atoms with Crippen molar-refractivity contribution in [2.45, 2.75) is 47.2 Å². The van der Waals surface area contributed by atoms with Crippen molar-refractivity contribution >= 4 is 46.2 Å². The zero-order valence-corrected chi connectivity index (χ0v) is 17.8. The Labute approximate surface area is 169 Å². The Morgan fingerprint density at radius 2 is 2.11 bits per heavy atom. The van der Waals surface area contributed by atoms with E-state index in [4.69, 9.17) is 16.6 Å². The number of halogens is 1. The monoisotopic (exact) mass is 405 g/mol. The molecular weight excluding hydrogens is 380 g/mol. The molecule has 0 aliphatic rings. The van der Waals surface area contributed by atoms with Crippen molar-refractivity contribution in [1.82, 2.24) is 19.0 Å². The first-order chi connectivity index (χ1) is 12.9. The molecule has 1 atom stereocenters. The lowest BCUT2D eigenvalue weighted by molar-refractivity contribution is -0.118. The Morgan fingerprint density at radius 1 is 1.33 bits per heavy atom. The third kappa shape index (κ3) is 4.08. The van der Waals surface area contributed by atoms with Crippen molar-refractivity contribution in [3.05, 3.63) is 39.4 Å². The van der Waals surface area contributed by atoms with Gasteiger partial charge in [0.15, 0.2) is 12.4 Å². The Hall–Kier alpha value is -1.76. The maximum Gasteiger partial charge on any atom is 0.308 e. The van der Waals surface area contributed by atoms with E-state index in [9.17, 15) is 4.79 Å². The van der Waals surface area contributed by atoms with Gasteiger partial charge >= 0.3 is 6.41 Å². The predicted molar refractivity (Wildman–Crippen MR) is 113 cm³/mol. The molecule has 1 aromatic carbocycles. The van der Waals surface area contributed by atoms with Gasteiger partial charge in [-0.25, -0.2) is 14.3 Å². The van der Waals surface area contributed by atoms with Crippen LogP contribution in [-0.4, -0.2) is 27.5 Å². The highest BCUT2D eigenvalue weighted by Gasteiger charge is 2.36. The third-order valence-corrected chi connectivity index (χ3v) is 5.61. The lowest BCUT2D eigenvalue weighted by atomic mass is 10.1. The van der Waals surface area contributed by atoms with Gasteiger partial charge in [0.2, 0.25) is 5.82 Å². The number of aromatic nitrogens is 3. The SMILES string of the molecule is CCCn1c(C[N+](C=O)(CC(C)C)c2csc(C)n2)nc2ccc(Cl)cc21. The summed E-state index contributed by atoms with van der Waals surface area (Å²) in [7, 11) is 0. The molecule has 27 heavy (non-hydrogen) atoms. The molecule has 0 radical (unpaired) electrons. The van der Waals surface area contributed by atoms with Crippen LogP contribution in [0.25, 0.3) is 11.0 Å². The van der Waals surface area contributed by atoms with Crippen molar-refractivity contribution in [2.24, 2.45) is 5.92 Å². The average molecular weight is 406 g/mol. The van der Waals surface area contributed by atoms with Gasteiger partial charge in [-0.2, -0.15) is 4.98 Å². The molecule has 2 heterocycles. The largest absolute Gasteiger partial charge is 0.323 e. The smallest absolute Gasteiger partial charge is 0.308 e. The lowest BCUT2D eigenvalue weighted by Gasteiger charge is -2.30. The fraction of sp³-hybridized carbons (Fsp3) is 0.450. The predicted octanol–water partition coefficient (Wildman–Crippen LogP) is 5.18. The molecule has 0 N–H and O–H groups in total. The summed E-state index contributed by atoms with van der Waals surface area (Å²) >= 11 is 7.79. The molecule has 0 saturated carbocycles. The van der Waals surface area contributed by atoms with Gasteiger partial charge in [-0.3, -0.25) is 0 Å². The van der Waals surface area contributed by atoms with Crippen LogP contribution in [0, 0.1) is 12.8 Å². The molecule has 1 amide bonds. The summed E-state index contributed by atoms with van der Waals surface area (Å²) in [6.45, 7) is 10.4. The van der Waals surface area contributed by atoms with Gasteiger partial charge in [-0.15, -0.1) is 11.3 Å². The molecule has 0 fully saturated rings. The molecule has 0 bridgehead atoms. The van der Waals surface area contributed by atoms with E-state index in [0.717, 1.165) is 47.1 Å². The molecular formula is C20H26ClN4OS+. The van der Waals surface area contributed by atoms with Crippen LogP contribution in [0.4, 0.5) is 5.82 Å². The Morgan fingerprint density at radius 3 is 2.70 bits per heavy atom. The maximum absolute atomic E-state index is 12.4. The van der Waals surface area contributed by atoms with Crippen molar-refractivity contribution < 1.29 is 4.79 Å². The summed E-state index contributed by atoms with van der Waals surface area (Å²) in [5, 5.41) is 3.65. The molecule has 1 unspecified atom stereocenters. The molecule has 0 aliphatic carbocycles. The number of carbonyl (C=O) groups excluding carboxylic acids is 1. The average Bonchev–Trinajstić information content (AvgIpc) is 3.19. The molecule has 3 rings (SSSR count). The number of hydrogen-bond donors (Lipinski definition) is 0. The maximum atomic E-state index is 12.4. The van der Waals surface area contributed by atoms with Crippen LogP contribution >= 0.6 is 22.9 Å². The number of carbonyl (C=O) groups is 1. The molecule has 0 spiro atoms. The number of thiazole rings is 1. The van der Waals surface area contributed by atoms with Crippen LogP contribution in [0.2, 0.25) is 5.02 Å². The molecule has 7 heteroatoms. The van der Waals surface area contributed by atoms with E-state index in [0.29, 0.717) is 24.0 Å². The van der Waals surface area contributed by atoms with E-state index < -0.39 is 0 Å². The Kier molecular flexibility index (Phi) is 5.99. The summed E-state index contributed by atoms with van der Waals surface area (Å²) in [5.74, 6) is 2.04. The van der Waals surface area contributed by atoms with Crippen molar-refractivity contribution in [1.29, 1.82) is 0 Å². The standard InChI is InChI=1S/C20H26ClN4OS/c1-5-8-24-18-9-16(21)6-7-17(18)23-19(24)11-25(13-26,10-14(2)3)20-12-27-15(4)22-20/h6-7,9,12-14H,5,8,10-11H2,1-4H3/q+1. The fourth-order valence-electron chi connectivity index (χ4n) is 3.57. The van der Waals surface area contributed by atoms with E-state index in [1.807, 2.05) is 30.5 Å². The van der Waals surface area contributed by atoms with E-state index in [2.05, 4.69) is 30.3 Å². The van der Waals surface area contributed by atoms with E-state index >= 15 is 0 Å². The molecule has 5 nitrogen and oxygen atoms in total. The first-order valence-electron chi connectivity index (χ1n) is 9.29. The highest BCUT2D eigenvalue weighted by atomic mass is 35.5. The van der Waals surface area contributed by atoms with E-state index in [1.54, 1.807) is 11.3 Å². The molecule has 0 aliphatic heterocycles. The van der Waals surface area contributed by atoms with Crippen LogP contribution in [0.1, 0.15) is 38.0 Å². The van der Waals surface area contributed by atoms with Gasteiger partial charge in [0.25, 0.3) is 0 Å². The third-order valence-electron chi connectivity index (χ3n) is 4.62. The number of fused-ring (bicyclic) bond motifs is 1. The van der Waals surface area contributed by atoms with Crippen LogP contribution in [-0.2, 0) is 17.9 Å². The van der Waals surface area contributed by atoms with Crippen LogP contribution in [0.15, 0.2) is 23.6 Å². The molecule has 144 valence electrons. The quantitative estimate of drug-likeness (QED) is 0.383. The number of quaternary nitrogens is 1. The van der Waals surface area contributed by atoms with Crippen molar-refractivity contribution in [3.8, 4) is 0 Å². The molecule has 0 saturated heterocycles. The summed E-state index contributed by atoms with van der Waals surface area (Å²) in [6, 6.07) is 5.75. The van der Waals surface area contributed by atoms with Gasteiger partial charge in [0.1, 0.15) is 0 Å². The fourth-order valence-corrected chi connectivity index (χ4v) is 4.42. The van der Waals surface area contributed by atoms with Crippen molar-refractivity contribution in [2.75, 3.05) is 6.54 Å². The normalized spacial score (nSPS) is 14.0. The minimum Gasteiger partial charge on any atom is -0.323 e. The Balaban J connectivity index is 2.13. The van der Waals surface area contributed by atoms with Gasteiger partial charge in [0.05, 0.1) is 28.0 Å². The molecule has 2 aromatic heterocycles. The second-order valence-electron chi connectivity index (χ2n) is 7.41. The first kappa shape index (κ1) is 20.0. The van der Waals surface area contributed by atoms with Crippen LogP contribution in [0.5, 0.6) is 0 Å². The van der Waals surface area contributed by atoms with Crippen LogP contribution < -0.4 is 4.48 Å². The van der Waals surface area contributed by atoms with Gasteiger partial charge in [0, 0.05) is 17.5 Å².